The van der Waals surface area contributed by atoms with Crippen LogP contribution < -0.4 is 16.4 Å². The first-order valence-corrected chi connectivity index (χ1v) is 5.96. The van der Waals surface area contributed by atoms with Crippen LogP contribution in [0.1, 0.15) is 20.8 Å². The number of amides is 1. The zero-order valence-corrected chi connectivity index (χ0v) is 12.1. The SMILES string of the molecule is COC(=O)[C@H](CN/C=C(/N)C=N)NC(=O)OC(C)(C)C. The fourth-order valence-corrected chi connectivity index (χ4v) is 1.12. The first kappa shape index (κ1) is 17.8. The van der Waals surface area contributed by atoms with E-state index in [1.165, 1.54) is 13.3 Å². The van der Waals surface area contributed by atoms with Crippen LogP contribution in [0.3, 0.4) is 0 Å². The van der Waals surface area contributed by atoms with Gasteiger partial charge in [0.2, 0.25) is 0 Å². The largest absolute Gasteiger partial charge is 0.467 e. The number of carbonyl (C=O) groups is 2. The molecule has 114 valence electrons. The van der Waals surface area contributed by atoms with Gasteiger partial charge in [0.1, 0.15) is 11.6 Å². The van der Waals surface area contributed by atoms with E-state index in [1.54, 1.807) is 20.8 Å². The Balaban J connectivity index is 4.54. The highest BCUT2D eigenvalue weighted by molar-refractivity contribution is 5.81. The average molecular weight is 286 g/mol. The molecule has 0 aromatic carbocycles. The summed E-state index contributed by atoms with van der Waals surface area (Å²) >= 11 is 0. The molecule has 0 heterocycles. The number of methoxy groups -OCH3 is 1. The fourth-order valence-electron chi connectivity index (χ4n) is 1.12. The molecule has 0 aliphatic rings. The van der Waals surface area contributed by atoms with E-state index in [-0.39, 0.29) is 12.2 Å². The highest BCUT2D eigenvalue weighted by Gasteiger charge is 2.24. The minimum atomic E-state index is -0.926. The minimum absolute atomic E-state index is 0.0560. The number of allylic oxidation sites excluding steroid dienone is 1. The van der Waals surface area contributed by atoms with Crippen LogP contribution in [0.2, 0.25) is 0 Å². The topological polar surface area (TPSA) is 127 Å². The van der Waals surface area contributed by atoms with Crippen LogP contribution in [-0.4, -0.2) is 43.6 Å². The number of nitrogens with two attached hydrogens (primary N) is 1. The van der Waals surface area contributed by atoms with E-state index >= 15 is 0 Å². The molecule has 8 nitrogen and oxygen atoms in total. The molecule has 0 bridgehead atoms. The van der Waals surface area contributed by atoms with Crippen molar-refractivity contribution in [3.05, 3.63) is 11.9 Å². The summed E-state index contributed by atoms with van der Waals surface area (Å²) in [5, 5.41) is 12.0. The molecule has 0 aromatic heterocycles. The van der Waals surface area contributed by atoms with Crippen LogP contribution in [0.4, 0.5) is 4.79 Å². The molecule has 8 heteroatoms. The third-order valence-electron chi connectivity index (χ3n) is 1.93. The van der Waals surface area contributed by atoms with Gasteiger partial charge in [-0.05, 0) is 20.8 Å². The van der Waals surface area contributed by atoms with Gasteiger partial charge in [-0.15, -0.1) is 0 Å². The molecule has 0 fully saturated rings. The third-order valence-corrected chi connectivity index (χ3v) is 1.93. The van der Waals surface area contributed by atoms with Gasteiger partial charge < -0.3 is 31.3 Å². The van der Waals surface area contributed by atoms with Crippen molar-refractivity contribution in [3.8, 4) is 0 Å². The Hall–Kier alpha value is -2.25. The number of hydrogen-bond donors (Lipinski definition) is 4. The van der Waals surface area contributed by atoms with Gasteiger partial charge in [-0.2, -0.15) is 0 Å². The maximum Gasteiger partial charge on any atom is 0.408 e. The molecule has 0 saturated carbocycles. The lowest BCUT2D eigenvalue weighted by atomic mass is 10.2. The summed E-state index contributed by atoms with van der Waals surface area (Å²) in [7, 11) is 1.22. The van der Waals surface area contributed by atoms with Gasteiger partial charge in [0.05, 0.1) is 12.8 Å². The van der Waals surface area contributed by atoms with E-state index in [9.17, 15) is 9.59 Å². The summed E-state index contributed by atoms with van der Waals surface area (Å²) in [4.78, 5) is 23.1. The lowest BCUT2D eigenvalue weighted by Crippen LogP contribution is -2.48. The number of ether oxygens (including phenoxy) is 2. The number of rotatable bonds is 6. The first-order valence-electron chi connectivity index (χ1n) is 5.96. The van der Waals surface area contributed by atoms with Gasteiger partial charge in [0, 0.05) is 19.0 Å². The van der Waals surface area contributed by atoms with Crippen molar-refractivity contribution in [2.75, 3.05) is 13.7 Å². The van der Waals surface area contributed by atoms with Crippen LogP contribution in [0, 0.1) is 5.41 Å². The molecule has 5 N–H and O–H groups in total. The predicted molar refractivity (Wildman–Crippen MR) is 74.2 cm³/mol. The number of carbonyl (C=O) groups excluding carboxylic acids is 2. The van der Waals surface area contributed by atoms with E-state index in [0.29, 0.717) is 0 Å². The predicted octanol–water partition coefficient (Wildman–Crippen LogP) is 0.0920. The number of hydrogen-bond acceptors (Lipinski definition) is 7. The first-order chi connectivity index (χ1) is 9.19. The van der Waals surface area contributed by atoms with Gasteiger partial charge in [-0.1, -0.05) is 0 Å². The molecule has 0 unspecified atom stereocenters. The Kier molecular flexibility index (Phi) is 7.12. The second-order valence-corrected chi connectivity index (χ2v) is 4.92. The second kappa shape index (κ2) is 8.03. The van der Waals surface area contributed by atoms with E-state index in [1.807, 2.05) is 0 Å². The summed E-state index contributed by atoms with van der Waals surface area (Å²) in [5.41, 5.74) is 4.90. The average Bonchev–Trinajstić information content (AvgIpc) is 2.34. The Morgan fingerprint density at radius 3 is 2.45 bits per heavy atom. The molecule has 1 atom stereocenters. The summed E-state index contributed by atoms with van der Waals surface area (Å²) < 4.78 is 9.63. The summed E-state index contributed by atoms with van der Waals surface area (Å²) in [6.07, 6.45) is 1.57. The molecule has 0 aromatic rings. The maximum absolute atomic E-state index is 11.6. The van der Waals surface area contributed by atoms with Crippen molar-refractivity contribution in [1.29, 1.82) is 5.41 Å². The monoisotopic (exact) mass is 286 g/mol. The van der Waals surface area contributed by atoms with Crippen molar-refractivity contribution >= 4 is 18.3 Å². The summed E-state index contributed by atoms with van der Waals surface area (Å²) in [6, 6.07) is -0.926. The number of nitrogens with one attached hydrogen (secondary N) is 3. The smallest absolute Gasteiger partial charge is 0.408 e. The summed E-state index contributed by atoms with van der Waals surface area (Å²) in [5.74, 6) is -0.620. The lowest BCUT2D eigenvalue weighted by Gasteiger charge is -2.22. The maximum atomic E-state index is 11.6. The zero-order chi connectivity index (χ0) is 15.8. The van der Waals surface area contributed by atoms with Crippen LogP contribution in [0.25, 0.3) is 0 Å². The van der Waals surface area contributed by atoms with Crippen LogP contribution in [-0.2, 0) is 14.3 Å². The van der Waals surface area contributed by atoms with E-state index in [0.717, 1.165) is 6.21 Å². The molecule has 0 spiro atoms. The molecule has 20 heavy (non-hydrogen) atoms. The number of esters is 1. The molecule has 0 aliphatic heterocycles. The Morgan fingerprint density at radius 1 is 1.40 bits per heavy atom. The quantitative estimate of drug-likeness (QED) is 0.405. The molecule has 0 saturated heterocycles. The van der Waals surface area contributed by atoms with Crippen molar-refractivity contribution in [2.24, 2.45) is 5.73 Å². The van der Waals surface area contributed by atoms with Gasteiger partial charge in [-0.3, -0.25) is 0 Å². The molecule has 0 rings (SSSR count). The molecular weight excluding hydrogens is 264 g/mol. The van der Waals surface area contributed by atoms with E-state index < -0.39 is 23.7 Å². The molecule has 0 aliphatic carbocycles. The van der Waals surface area contributed by atoms with E-state index in [4.69, 9.17) is 15.9 Å². The van der Waals surface area contributed by atoms with E-state index in [2.05, 4.69) is 15.4 Å². The third kappa shape index (κ3) is 7.96. The van der Waals surface area contributed by atoms with Crippen molar-refractivity contribution in [2.45, 2.75) is 32.4 Å². The Morgan fingerprint density at radius 2 is 2.00 bits per heavy atom. The van der Waals surface area contributed by atoms with Crippen molar-refractivity contribution in [3.63, 3.8) is 0 Å². The Labute approximate surface area is 118 Å². The fraction of sp³-hybridized carbons (Fsp3) is 0.583. The van der Waals surface area contributed by atoms with Crippen LogP contribution in [0.5, 0.6) is 0 Å². The summed E-state index contributed by atoms with van der Waals surface area (Å²) in [6.45, 7) is 5.20. The molecule has 0 radical (unpaired) electrons. The normalized spacial score (nSPS) is 13.1. The lowest BCUT2D eigenvalue weighted by molar-refractivity contribution is -0.142. The standard InChI is InChI=1S/C12H22N4O4/c1-12(2,3)20-11(18)16-9(10(17)19-4)7-15-6-8(14)5-13/h5-6,9,13,15H,7,14H2,1-4H3,(H,16,18)/b8-6+,13-5?/t9-/m0/s1. The van der Waals surface area contributed by atoms with Gasteiger partial charge in [0.25, 0.3) is 0 Å². The minimum Gasteiger partial charge on any atom is -0.467 e. The van der Waals surface area contributed by atoms with Crippen molar-refractivity contribution in [1.82, 2.24) is 10.6 Å². The van der Waals surface area contributed by atoms with Crippen LogP contribution >= 0.6 is 0 Å². The molecular formula is C12H22N4O4. The Bertz CT molecular complexity index is 387. The highest BCUT2D eigenvalue weighted by atomic mass is 16.6. The van der Waals surface area contributed by atoms with Crippen molar-refractivity contribution < 1.29 is 19.1 Å². The number of alkyl carbamates (subject to hydrolysis) is 1. The highest BCUT2D eigenvalue weighted by Crippen LogP contribution is 2.06. The van der Waals surface area contributed by atoms with Gasteiger partial charge in [0.15, 0.2) is 0 Å². The zero-order valence-electron chi connectivity index (χ0n) is 12.1. The van der Waals surface area contributed by atoms with Gasteiger partial charge in [-0.25, -0.2) is 9.59 Å². The van der Waals surface area contributed by atoms with Crippen LogP contribution in [0.15, 0.2) is 11.9 Å². The second-order valence-electron chi connectivity index (χ2n) is 4.92. The van der Waals surface area contributed by atoms with Gasteiger partial charge >= 0.3 is 12.1 Å². The molecule has 1 amide bonds.